The van der Waals surface area contributed by atoms with Crippen molar-refractivity contribution < 1.29 is 4.39 Å². The number of hydrogen-bond donors (Lipinski definition) is 1. The molecule has 0 aliphatic rings. The molecular weight excluding hydrogens is 243 g/mol. The highest BCUT2D eigenvalue weighted by Gasteiger charge is 2.07. The molecule has 0 aliphatic carbocycles. The quantitative estimate of drug-likeness (QED) is 0.905. The molecule has 17 heavy (non-hydrogen) atoms. The summed E-state index contributed by atoms with van der Waals surface area (Å²) in [5, 5.41) is 7.27. The molecule has 0 fully saturated rings. The summed E-state index contributed by atoms with van der Waals surface area (Å²) in [6.45, 7) is 0.911. The van der Waals surface area contributed by atoms with Crippen molar-refractivity contribution in [1.29, 1.82) is 0 Å². The molecular formula is C11H12ClFN4. The molecule has 0 radical (unpaired) electrons. The van der Waals surface area contributed by atoms with E-state index in [1.165, 1.54) is 6.07 Å². The number of aromatic nitrogens is 3. The Bertz CT molecular complexity index is 512. The van der Waals surface area contributed by atoms with Gasteiger partial charge in [0.05, 0.1) is 18.1 Å². The SMILES string of the molecule is CNCc1ncn(Cc2cccc(Cl)c2F)n1. The highest BCUT2D eigenvalue weighted by atomic mass is 35.5. The fourth-order valence-electron chi connectivity index (χ4n) is 1.49. The Labute approximate surface area is 103 Å². The first kappa shape index (κ1) is 12.0. The summed E-state index contributed by atoms with van der Waals surface area (Å²) < 4.78 is 15.2. The zero-order valence-corrected chi connectivity index (χ0v) is 10.1. The molecule has 0 aliphatic heterocycles. The zero-order valence-electron chi connectivity index (χ0n) is 9.32. The van der Waals surface area contributed by atoms with Crippen LogP contribution in [0.2, 0.25) is 5.02 Å². The molecule has 0 saturated carbocycles. The van der Waals surface area contributed by atoms with Gasteiger partial charge in [0.15, 0.2) is 5.82 Å². The molecule has 0 bridgehead atoms. The fourth-order valence-corrected chi connectivity index (χ4v) is 1.69. The van der Waals surface area contributed by atoms with Crippen LogP contribution in [0.4, 0.5) is 4.39 Å². The largest absolute Gasteiger partial charge is 0.313 e. The van der Waals surface area contributed by atoms with Crippen LogP contribution in [-0.4, -0.2) is 21.8 Å². The van der Waals surface area contributed by atoms with E-state index in [2.05, 4.69) is 15.4 Å². The van der Waals surface area contributed by atoms with Gasteiger partial charge in [0.2, 0.25) is 0 Å². The Hall–Kier alpha value is -1.46. The first-order valence-electron chi connectivity index (χ1n) is 5.16. The number of rotatable bonds is 4. The van der Waals surface area contributed by atoms with E-state index in [1.807, 2.05) is 7.05 Å². The van der Waals surface area contributed by atoms with E-state index >= 15 is 0 Å². The minimum absolute atomic E-state index is 0.123. The van der Waals surface area contributed by atoms with Crippen LogP contribution in [0.15, 0.2) is 24.5 Å². The van der Waals surface area contributed by atoms with Crippen molar-refractivity contribution >= 4 is 11.6 Å². The molecule has 6 heteroatoms. The predicted octanol–water partition coefficient (Wildman–Crippen LogP) is 1.84. The summed E-state index contributed by atoms with van der Waals surface area (Å²) in [5.74, 6) is 0.273. The molecule has 1 heterocycles. The van der Waals surface area contributed by atoms with Crippen molar-refractivity contribution in [3.63, 3.8) is 0 Å². The van der Waals surface area contributed by atoms with Crippen molar-refractivity contribution in [2.75, 3.05) is 7.05 Å². The highest BCUT2D eigenvalue weighted by molar-refractivity contribution is 6.30. The highest BCUT2D eigenvalue weighted by Crippen LogP contribution is 2.18. The molecule has 1 aromatic heterocycles. The fraction of sp³-hybridized carbons (Fsp3) is 0.273. The zero-order chi connectivity index (χ0) is 12.3. The molecule has 2 rings (SSSR count). The third kappa shape index (κ3) is 2.81. The molecule has 1 N–H and O–H groups in total. The third-order valence-electron chi connectivity index (χ3n) is 2.28. The Morgan fingerprint density at radius 1 is 1.47 bits per heavy atom. The van der Waals surface area contributed by atoms with Gasteiger partial charge in [-0.25, -0.2) is 14.1 Å². The summed E-state index contributed by atoms with van der Waals surface area (Å²) in [6, 6.07) is 4.92. The second-order valence-electron chi connectivity index (χ2n) is 3.60. The molecule has 2 aromatic rings. The summed E-state index contributed by atoms with van der Waals surface area (Å²) >= 11 is 5.70. The van der Waals surface area contributed by atoms with Crippen LogP contribution in [0.1, 0.15) is 11.4 Å². The number of nitrogens with one attached hydrogen (secondary N) is 1. The van der Waals surface area contributed by atoms with Crippen LogP contribution in [-0.2, 0) is 13.1 Å². The van der Waals surface area contributed by atoms with Gasteiger partial charge in [0.1, 0.15) is 12.1 Å². The second kappa shape index (κ2) is 5.25. The van der Waals surface area contributed by atoms with E-state index in [0.29, 0.717) is 24.5 Å². The number of benzene rings is 1. The van der Waals surface area contributed by atoms with Gasteiger partial charge in [-0.2, -0.15) is 5.10 Å². The minimum atomic E-state index is -0.403. The van der Waals surface area contributed by atoms with E-state index in [4.69, 9.17) is 11.6 Å². The van der Waals surface area contributed by atoms with Gasteiger partial charge in [0.25, 0.3) is 0 Å². The molecule has 0 unspecified atom stereocenters. The smallest absolute Gasteiger partial charge is 0.164 e. The van der Waals surface area contributed by atoms with Gasteiger partial charge >= 0.3 is 0 Å². The van der Waals surface area contributed by atoms with Gasteiger partial charge in [0, 0.05) is 5.56 Å². The Kier molecular flexibility index (Phi) is 3.71. The summed E-state index contributed by atoms with van der Waals surface area (Å²) in [5.41, 5.74) is 0.499. The van der Waals surface area contributed by atoms with Gasteiger partial charge < -0.3 is 5.32 Å². The minimum Gasteiger partial charge on any atom is -0.313 e. The van der Waals surface area contributed by atoms with E-state index in [1.54, 1.807) is 23.1 Å². The van der Waals surface area contributed by atoms with Crippen molar-refractivity contribution in [2.24, 2.45) is 0 Å². The Balaban J connectivity index is 2.16. The summed E-state index contributed by atoms with van der Waals surface area (Å²) in [6.07, 6.45) is 1.58. The van der Waals surface area contributed by atoms with Crippen molar-refractivity contribution in [2.45, 2.75) is 13.1 Å². The lowest BCUT2D eigenvalue weighted by Gasteiger charge is -2.03. The number of halogens is 2. The van der Waals surface area contributed by atoms with Gasteiger partial charge in [-0.15, -0.1) is 0 Å². The van der Waals surface area contributed by atoms with Crippen LogP contribution in [0.5, 0.6) is 0 Å². The summed E-state index contributed by atoms with van der Waals surface area (Å²) in [7, 11) is 1.82. The van der Waals surface area contributed by atoms with E-state index < -0.39 is 5.82 Å². The number of hydrogen-bond acceptors (Lipinski definition) is 3. The van der Waals surface area contributed by atoms with E-state index in [0.717, 1.165) is 0 Å². The van der Waals surface area contributed by atoms with Crippen LogP contribution < -0.4 is 5.32 Å². The maximum atomic E-state index is 13.6. The van der Waals surface area contributed by atoms with Crippen LogP contribution in [0.25, 0.3) is 0 Å². The lowest BCUT2D eigenvalue weighted by Crippen LogP contribution is -2.08. The Morgan fingerprint density at radius 3 is 3.06 bits per heavy atom. The maximum absolute atomic E-state index is 13.6. The topological polar surface area (TPSA) is 42.7 Å². The first-order chi connectivity index (χ1) is 8.20. The lowest BCUT2D eigenvalue weighted by atomic mass is 10.2. The molecule has 4 nitrogen and oxygen atoms in total. The molecule has 0 atom stereocenters. The normalized spacial score (nSPS) is 10.8. The molecule has 90 valence electrons. The van der Waals surface area contributed by atoms with E-state index in [9.17, 15) is 4.39 Å². The number of nitrogens with zero attached hydrogens (tertiary/aromatic N) is 3. The van der Waals surface area contributed by atoms with Gasteiger partial charge in [-0.1, -0.05) is 23.7 Å². The van der Waals surface area contributed by atoms with Crippen LogP contribution in [0.3, 0.4) is 0 Å². The van der Waals surface area contributed by atoms with Crippen molar-refractivity contribution in [1.82, 2.24) is 20.1 Å². The molecule has 0 amide bonds. The molecule has 1 aromatic carbocycles. The van der Waals surface area contributed by atoms with Gasteiger partial charge in [-0.3, -0.25) is 0 Å². The lowest BCUT2D eigenvalue weighted by molar-refractivity contribution is 0.581. The second-order valence-corrected chi connectivity index (χ2v) is 4.01. The van der Waals surface area contributed by atoms with Crippen LogP contribution in [0, 0.1) is 5.82 Å². The molecule has 0 saturated heterocycles. The predicted molar refractivity (Wildman–Crippen MR) is 63.3 cm³/mol. The van der Waals surface area contributed by atoms with Crippen LogP contribution >= 0.6 is 11.6 Å². The third-order valence-corrected chi connectivity index (χ3v) is 2.57. The van der Waals surface area contributed by atoms with Gasteiger partial charge in [-0.05, 0) is 13.1 Å². The average Bonchev–Trinajstić information content (AvgIpc) is 2.73. The van der Waals surface area contributed by atoms with Crippen molar-refractivity contribution in [3.8, 4) is 0 Å². The maximum Gasteiger partial charge on any atom is 0.164 e. The Morgan fingerprint density at radius 2 is 2.29 bits per heavy atom. The average molecular weight is 255 g/mol. The molecule has 0 spiro atoms. The van der Waals surface area contributed by atoms with Crippen molar-refractivity contribution in [3.05, 3.63) is 46.8 Å². The first-order valence-corrected chi connectivity index (χ1v) is 5.54. The standard InChI is InChI=1S/C11H12ClFN4/c1-14-5-10-15-7-17(16-10)6-8-3-2-4-9(12)11(8)13/h2-4,7,14H,5-6H2,1H3. The van der Waals surface area contributed by atoms with E-state index in [-0.39, 0.29) is 5.02 Å². The summed E-state index contributed by atoms with van der Waals surface area (Å²) in [4.78, 5) is 4.09. The monoisotopic (exact) mass is 254 g/mol.